The van der Waals surface area contributed by atoms with Gasteiger partial charge in [-0.05, 0) is 49.4 Å². The maximum absolute atomic E-state index is 13.1. The third kappa shape index (κ3) is 4.48. The molecule has 3 nitrogen and oxygen atoms in total. The fourth-order valence-corrected chi connectivity index (χ4v) is 4.19. The Balaban J connectivity index is 1.90. The summed E-state index contributed by atoms with van der Waals surface area (Å²) in [5.74, 6) is -0.269. The lowest BCUT2D eigenvalue weighted by atomic mass is 9.87. The minimum Gasteiger partial charge on any atom is -0.313 e. The average Bonchev–Trinajstić information content (AvgIpc) is 2.94. The van der Waals surface area contributed by atoms with Gasteiger partial charge >= 0.3 is 0 Å². The highest BCUT2D eigenvalue weighted by Crippen LogP contribution is 2.34. The van der Waals surface area contributed by atoms with Gasteiger partial charge in [-0.3, -0.25) is 9.59 Å². The van der Waals surface area contributed by atoms with Crippen LogP contribution >= 0.6 is 11.3 Å². The van der Waals surface area contributed by atoms with Gasteiger partial charge in [0.25, 0.3) is 5.91 Å². The molecule has 0 fully saturated rings. The Bertz CT molecular complexity index is 1050. The molecule has 1 aromatic heterocycles. The van der Waals surface area contributed by atoms with E-state index in [1.54, 1.807) is 0 Å². The Morgan fingerprint density at radius 1 is 0.828 bits per heavy atom. The summed E-state index contributed by atoms with van der Waals surface area (Å²) in [5, 5.41) is 3.57. The summed E-state index contributed by atoms with van der Waals surface area (Å²) < 4.78 is 0. The van der Waals surface area contributed by atoms with Gasteiger partial charge in [0, 0.05) is 16.0 Å². The molecule has 0 spiro atoms. The minimum absolute atomic E-state index is 0.0324. The van der Waals surface area contributed by atoms with Crippen molar-refractivity contribution in [1.82, 2.24) is 0 Å². The topological polar surface area (TPSA) is 46.2 Å². The molecule has 3 rings (SSSR count). The Hall–Kier alpha value is -2.72. The van der Waals surface area contributed by atoms with Gasteiger partial charge in [0.05, 0.1) is 5.56 Å². The second-order valence-electron chi connectivity index (χ2n) is 8.46. The van der Waals surface area contributed by atoms with Crippen molar-refractivity contribution in [2.24, 2.45) is 0 Å². The molecule has 0 aliphatic rings. The van der Waals surface area contributed by atoms with Crippen molar-refractivity contribution >= 4 is 28.0 Å². The van der Waals surface area contributed by atoms with Crippen LogP contribution in [0.1, 0.15) is 68.6 Å². The van der Waals surface area contributed by atoms with E-state index in [0.29, 0.717) is 21.7 Å². The summed E-state index contributed by atoms with van der Waals surface area (Å²) in [7, 11) is 0. The highest BCUT2D eigenvalue weighted by atomic mass is 32.1. The molecule has 0 saturated heterocycles. The number of hydrogen-bond donors (Lipinski definition) is 1. The number of anilines is 1. The highest BCUT2D eigenvalue weighted by molar-refractivity contribution is 7.17. The molecule has 150 valence electrons. The van der Waals surface area contributed by atoms with Crippen LogP contribution < -0.4 is 5.32 Å². The summed E-state index contributed by atoms with van der Waals surface area (Å²) in [6, 6.07) is 15.2. The van der Waals surface area contributed by atoms with E-state index in [-0.39, 0.29) is 17.1 Å². The second-order valence-corrected chi connectivity index (χ2v) is 9.69. The summed E-state index contributed by atoms with van der Waals surface area (Å²) >= 11 is 1.44. The first kappa shape index (κ1) is 21.0. The van der Waals surface area contributed by atoms with E-state index in [2.05, 4.69) is 26.1 Å². The van der Waals surface area contributed by atoms with Crippen molar-refractivity contribution in [3.63, 3.8) is 0 Å². The van der Waals surface area contributed by atoms with Crippen LogP contribution in [-0.4, -0.2) is 11.7 Å². The smallest absolute Gasteiger partial charge is 0.256 e. The summed E-state index contributed by atoms with van der Waals surface area (Å²) in [6.45, 7) is 12.3. The molecule has 3 aromatic rings. The van der Waals surface area contributed by atoms with E-state index in [9.17, 15) is 9.59 Å². The van der Waals surface area contributed by atoms with Crippen LogP contribution in [0.3, 0.4) is 0 Å². The molecular formula is C25H27NO2S. The first-order valence-corrected chi connectivity index (χ1v) is 10.5. The molecule has 29 heavy (non-hydrogen) atoms. The number of aryl methyl sites for hydroxylation is 2. The van der Waals surface area contributed by atoms with Crippen LogP contribution in [0, 0.1) is 20.8 Å². The maximum atomic E-state index is 13.1. The Morgan fingerprint density at radius 2 is 1.38 bits per heavy atom. The first-order valence-electron chi connectivity index (χ1n) is 9.71. The number of carbonyl (C=O) groups is 2. The van der Waals surface area contributed by atoms with Crippen LogP contribution in [0.2, 0.25) is 0 Å². The molecule has 0 bridgehead atoms. The number of nitrogens with one attached hydrogen (secondary N) is 1. The summed E-state index contributed by atoms with van der Waals surface area (Å²) in [5.41, 5.74) is 5.01. The fraction of sp³-hybridized carbons (Fsp3) is 0.280. The minimum atomic E-state index is -0.204. The first-order chi connectivity index (χ1) is 13.6. The zero-order valence-electron chi connectivity index (χ0n) is 17.8. The fourth-order valence-electron chi connectivity index (χ4n) is 3.13. The third-order valence-electron chi connectivity index (χ3n) is 5.17. The van der Waals surface area contributed by atoms with Gasteiger partial charge in [-0.2, -0.15) is 0 Å². The average molecular weight is 406 g/mol. The molecule has 0 aliphatic heterocycles. The van der Waals surface area contributed by atoms with Gasteiger partial charge in [-0.15, -0.1) is 11.3 Å². The molecule has 2 aromatic carbocycles. The van der Waals surface area contributed by atoms with Crippen molar-refractivity contribution in [1.29, 1.82) is 0 Å². The second kappa shape index (κ2) is 7.96. The molecule has 1 amide bonds. The number of rotatable bonds is 4. The molecule has 0 atom stereocenters. The number of amides is 1. The largest absolute Gasteiger partial charge is 0.313 e. The van der Waals surface area contributed by atoms with Gasteiger partial charge in [0.1, 0.15) is 5.00 Å². The van der Waals surface area contributed by atoms with Gasteiger partial charge in [0.15, 0.2) is 5.78 Å². The van der Waals surface area contributed by atoms with Crippen molar-refractivity contribution in [2.45, 2.75) is 47.0 Å². The Kier molecular flexibility index (Phi) is 5.76. The zero-order chi connectivity index (χ0) is 21.3. The molecule has 4 heteroatoms. The van der Waals surface area contributed by atoms with Crippen molar-refractivity contribution in [2.75, 3.05) is 5.32 Å². The number of carbonyl (C=O) groups excluding carboxylic acids is 2. The Labute approximate surface area is 176 Å². The summed E-state index contributed by atoms with van der Waals surface area (Å²) in [4.78, 5) is 27.0. The number of ketones is 1. The van der Waals surface area contributed by atoms with Crippen LogP contribution in [0.25, 0.3) is 0 Å². The van der Waals surface area contributed by atoms with Crippen LogP contribution in [0.5, 0.6) is 0 Å². The molecule has 1 N–H and O–H groups in total. The monoisotopic (exact) mass is 405 g/mol. The van der Waals surface area contributed by atoms with Crippen LogP contribution in [0.4, 0.5) is 5.00 Å². The van der Waals surface area contributed by atoms with E-state index in [1.807, 2.05) is 69.3 Å². The van der Waals surface area contributed by atoms with E-state index in [1.165, 1.54) is 16.9 Å². The number of thiophene rings is 1. The van der Waals surface area contributed by atoms with Crippen molar-refractivity contribution < 1.29 is 9.59 Å². The molecule has 0 aliphatic carbocycles. The highest BCUT2D eigenvalue weighted by Gasteiger charge is 2.23. The van der Waals surface area contributed by atoms with Crippen LogP contribution in [0.15, 0.2) is 48.5 Å². The van der Waals surface area contributed by atoms with E-state index >= 15 is 0 Å². The lowest BCUT2D eigenvalue weighted by molar-refractivity contribution is 0.102. The number of hydrogen-bond acceptors (Lipinski definition) is 3. The predicted octanol–water partition coefficient (Wildman–Crippen LogP) is 6.45. The lowest BCUT2D eigenvalue weighted by Gasteiger charge is -2.19. The molecule has 0 saturated carbocycles. The standard InChI is InChI=1S/C25H27NO2S/c1-15-7-9-18(10-8-15)22(27)21-16(2)17(3)29-24(21)26-23(28)19-11-13-20(14-12-19)25(4,5)6/h7-14H,1-6H3,(H,26,28). The SMILES string of the molecule is Cc1ccc(C(=O)c2c(NC(=O)c3ccc(C(C)(C)C)cc3)sc(C)c2C)cc1. The lowest BCUT2D eigenvalue weighted by Crippen LogP contribution is -2.15. The Morgan fingerprint density at radius 3 is 1.93 bits per heavy atom. The van der Waals surface area contributed by atoms with Gasteiger partial charge < -0.3 is 5.32 Å². The van der Waals surface area contributed by atoms with E-state index in [4.69, 9.17) is 0 Å². The van der Waals surface area contributed by atoms with Gasteiger partial charge in [-0.25, -0.2) is 0 Å². The maximum Gasteiger partial charge on any atom is 0.256 e. The predicted molar refractivity (Wildman–Crippen MR) is 121 cm³/mol. The third-order valence-corrected chi connectivity index (χ3v) is 6.29. The van der Waals surface area contributed by atoms with Crippen molar-refractivity contribution in [3.05, 3.63) is 86.8 Å². The normalized spacial score (nSPS) is 11.4. The van der Waals surface area contributed by atoms with E-state index < -0.39 is 0 Å². The van der Waals surface area contributed by atoms with Gasteiger partial charge in [0.2, 0.25) is 0 Å². The molecular weight excluding hydrogens is 378 g/mol. The summed E-state index contributed by atoms with van der Waals surface area (Å²) in [6.07, 6.45) is 0. The zero-order valence-corrected chi connectivity index (χ0v) is 18.7. The van der Waals surface area contributed by atoms with E-state index in [0.717, 1.165) is 16.0 Å². The molecule has 0 radical (unpaired) electrons. The van der Waals surface area contributed by atoms with Crippen LogP contribution in [-0.2, 0) is 5.41 Å². The van der Waals surface area contributed by atoms with Gasteiger partial charge in [-0.1, -0.05) is 62.7 Å². The van der Waals surface area contributed by atoms with Crippen molar-refractivity contribution in [3.8, 4) is 0 Å². The molecule has 0 unspecified atom stereocenters. The number of benzene rings is 2. The molecule has 1 heterocycles. The quantitative estimate of drug-likeness (QED) is 0.507.